The summed E-state index contributed by atoms with van der Waals surface area (Å²) in [6.07, 6.45) is 9.56. The highest BCUT2D eigenvalue weighted by atomic mass is 35.5. The molecule has 4 aromatic rings. The van der Waals surface area contributed by atoms with Crippen LogP contribution in [0.2, 0.25) is 21.1 Å². The van der Waals surface area contributed by atoms with E-state index < -0.39 is 0 Å². The highest BCUT2D eigenvalue weighted by Gasteiger charge is 2.08. The van der Waals surface area contributed by atoms with Crippen molar-refractivity contribution >= 4 is 46.4 Å². The van der Waals surface area contributed by atoms with Crippen LogP contribution in [0.5, 0.6) is 17.8 Å². The summed E-state index contributed by atoms with van der Waals surface area (Å²) < 4.78 is 12.9. The summed E-state index contributed by atoms with van der Waals surface area (Å²) in [5.41, 5.74) is 1.27. The lowest BCUT2D eigenvalue weighted by atomic mass is 9.99. The molecule has 11 nitrogen and oxygen atoms in total. The van der Waals surface area contributed by atoms with E-state index in [4.69, 9.17) is 61.0 Å². The molecule has 46 heavy (non-hydrogen) atoms. The first-order chi connectivity index (χ1) is 21.8. The van der Waals surface area contributed by atoms with Crippen molar-refractivity contribution in [3.05, 3.63) is 69.7 Å². The molecule has 3 heterocycles. The number of aromatic nitrogens is 8. The predicted octanol–water partition coefficient (Wildman–Crippen LogP) is 9.47. The first-order valence-corrected chi connectivity index (χ1v) is 16.6. The minimum atomic E-state index is -0.116. The molecule has 254 valence electrons. The molecule has 15 heteroatoms. The van der Waals surface area contributed by atoms with Crippen molar-refractivity contribution in [3.8, 4) is 17.8 Å². The van der Waals surface area contributed by atoms with Gasteiger partial charge in [-0.1, -0.05) is 46.8 Å². The molecule has 4 rings (SSSR count). The zero-order chi connectivity index (χ0) is 34.6. The Bertz CT molecular complexity index is 1340. The molecule has 0 radical (unpaired) electrons. The third kappa shape index (κ3) is 17.2. The van der Waals surface area contributed by atoms with E-state index in [-0.39, 0.29) is 45.4 Å². The minimum absolute atomic E-state index is 0.00576. The summed E-state index contributed by atoms with van der Waals surface area (Å²) in [6.45, 7) is 16.3. The predicted molar refractivity (Wildman–Crippen MR) is 184 cm³/mol. The van der Waals surface area contributed by atoms with Crippen molar-refractivity contribution in [3.63, 3.8) is 0 Å². The number of ether oxygens (including phenoxy) is 2. The Morgan fingerprint density at radius 1 is 0.696 bits per heavy atom. The number of benzene rings is 1. The Morgan fingerprint density at radius 2 is 1.20 bits per heavy atom. The molecule has 1 N–H and O–H groups in total. The van der Waals surface area contributed by atoms with Gasteiger partial charge in [-0.05, 0) is 116 Å². The Morgan fingerprint density at radius 3 is 1.59 bits per heavy atom. The lowest BCUT2D eigenvalue weighted by Crippen LogP contribution is -2.12. The normalized spacial score (nSPS) is 12.9. The number of aliphatic hydroxyl groups is 1. The van der Waals surface area contributed by atoms with Gasteiger partial charge in [0.15, 0.2) is 0 Å². The summed E-state index contributed by atoms with van der Waals surface area (Å²) in [7, 11) is 0. The summed E-state index contributed by atoms with van der Waals surface area (Å²) in [5, 5.41) is 8.45. The van der Waals surface area contributed by atoms with Gasteiger partial charge < -0.3 is 19.1 Å². The number of halogens is 4. The van der Waals surface area contributed by atoms with Gasteiger partial charge in [0.05, 0.1) is 18.5 Å². The van der Waals surface area contributed by atoms with Crippen LogP contribution < -0.4 is 9.47 Å². The highest BCUT2D eigenvalue weighted by Crippen LogP contribution is 2.24. The van der Waals surface area contributed by atoms with Crippen LogP contribution in [0.4, 0.5) is 0 Å². The average molecular weight is 719 g/mol. The Labute approximate surface area is 292 Å². The number of rotatable bonds is 10. The average Bonchev–Trinajstić information content (AvgIpc) is 3.56. The quantitative estimate of drug-likeness (QED) is 0.169. The number of hydrogen-bond donors (Lipinski definition) is 1. The molecule has 3 aromatic heterocycles. The van der Waals surface area contributed by atoms with E-state index in [1.54, 1.807) is 6.92 Å². The minimum Gasteiger partial charge on any atom is -0.460 e. The second-order valence-electron chi connectivity index (χ2n) is 10.2. The van der Waals surface area contributed by atoms with E-state index in [1.807, 2.05) is 63.8 Å². The lowest BCUT2D eigenvalue weighted by Gasteiger charge is -2.09. The van der Waals surface area contributed by atoms with Gasteiger partial charge in [0.1, 0.15) is 5.75 Å². The van der Waals surface area contributed by atoms with E-state index in [2.05, 4.69) is 67.1 Å². The summed E-state index contributed by atoms with van der Waals surface area (Å²) in [5.74, 6) is 1.15. The van der Waals surface area contributed by atoms with E-state index in [9.17, 15) is 0 Å². The largest absolute Gasteiger partial charge is 0.460 e. The highest BCUT2D eigenvalue weighted by molar-refractivity contribution is 6.31. The molecule has 4 atom stereocenters. The summed E-state index contributed by atoms with van der Waals surface area (Å²) in [4.78, 5) is 26.4. The van der Waals surface area contributed by atoms with E-state index in [0.717, 1.165) is 25.7 Å². The fraction of sp³-hybridized carbons (Fsp3) is 0.516. The fourth-order valence-corrected chi connectivity index (χ4v) is 3.62. The number of aliphatic hydroxyl groups excluding tert-OH is 1. The maximum atomic E-state index is 8.36. The van der Waals surface area contributed by atoms with Crippen LogP contribution in [0.3, 0.4) is 0 Å². The standard InChI is InChI=1S/C13H13Cl2N3O.C7H9Cl2N3O.C7H12N2.C4H10O/c1-3-8(2)9-4-6-10(7-5-9)19-13-17-11(14)16-12(15)18-13;1-3-4(2)13-7-11-5(8)10-6(9)12-7;1-3-7(2)9-5-4-8-6-9;1-3-4(2)5/h4-8H,3H2,1-2H3;4H,3H2,1-2H3;4-7H,3H2,1-2H3;4-5H,3H2,1-2H3. The Balaban J connectivity index is 0.000000339. The van der Waals surface area contributed by atoms with Crippen molar-refractivity contribution in [1.29, 1.82) is 0 Å². The third-order valence-electron chi connectivity index (χ3n) is 6.49. The fourth-order valence-electron chi connectivity index (χ4n) is 2.93. The molecule has 0 aliphatic carbocycles. The Hall–Kier alpha value is -2.83. The van der Waals surface area contributed by atoms with Gasteiger partial charge in [0, 0.05) is 18.4 Å². The molecule has 0 aliphatic rings. The summed E-state index contributed by atoms with van der Waals surface area (Å²) >= 11 is 22.5. The van der Waals surface area contributed by atoms with Crippen LogP contribution >= 0.6 is 46.4 Å². The first kappa shape index (κ1) is 41.2. The van der Waals surface area contributed by atoms with Crippen molar-refractivity contribution in [2.45, 2.75) is 105 Å². The molecular weight excluding hydrogens is 674 g/mol. The van der Waals surface area contributed by atoms with Crippen LogP contribution in [0, 0.1) is 0 Å². The zero-order valence-corrected chi connectivity index (χ0v) is 30.6. The number of nitrogens with zero attached hydrogens (tertiary/aromatic N) is 8. The maximum absolute atomic E-state index is 8.36. The first-order valence-electron chi connectivity index (χ1n) is 15.1. The molecule has 0 fully saturated rings. The van der Waals surface area contributed by atoms with Crippen LogP contribution in [0.1, 0.15) is 98.6 Å². The van der Waals surface area contributed by atoms with E-state index in [1.165, 1.54) is 5.56 Å². The Kier molecular flexibility index (Phi) is 20.3. The monoisotopic (exact) mass is 716 g/mol. The molecule has 1 aromatic carbocycles. The topological polar surface area (TPSA) is 134 Å². The van der Waals surface area contributed by atoms with Crippen molar-refractivity contribution in [2.24, 2.45) is 0 Å². The smallest absolute Gasteiger partial charge is 0.327 e. The maximum Gasteiger partial charge on any atom is 0.327 e. The lowest BCUT2D eigenvalue weighted by molar-refractivity contribution is 0.191. The molecular formula is C31H44Cl4N8O3. The molecule has 0 aliphatic heterocycles. The van der Waals surface area contributed by atoms with E-state index in [0.29, 0.717) is 17.7 Å². The van der Waals surface area contributed by atoms with Gasteiger partial charge in [-0.3, -0.25) is 0 Å². The van der Waals surface area contributed by atoms with Gasteiger partial charge >= 0.3 is 12.0 Å². The van der Waals surface area contributed by atoms with Gasteiger partial charge in [-0.2, -0.15) is 29.9 Å². The summed E-state index contributed by atoms with van der Waals surface area (Å²) in [6, 6.07) is 8.62. The molecule has 0 amide bonds. The van der Waals surface area contributed by atoms with E-state index >= 15 is 0 Å². The van der Waals surface area contributed by atoms with Crippen LogP contribution in [0.15, 0.2) is 43.0 Å². The van der Waals surface area contributed by atoms with Gasteiger partial charge in [-0.25, -0.2) is 4.98 Å². The molecule has 0 bridgehead atoms. The molecule has 0 saturated carbocycles. The molecule has 4 unspecified atom stereocenters. The SMILES string of the molecule is CCC(C)O.CCC(C)Oc1nc(Cl)nc(Cl)n1.CCC(C)c1ccc(Oc2nc(Cl)nc(Cl)n2)cc1.CCC(C)n1ccnc1. The molecule has 0 spiro atoms. The number of imidazole rings is 1. The number of hydrogen-bond acceptors (Lipinski definition) is 10. The zero-order valence-electron chi connectivity index (χ0n) is 27.5. The van der Waals surface area contributed by atoms with Crippen molar-refractivity contribution < 1.29 is 14.6 Å². The van der Waals surface area contributed by atoms with Crippen LogP contribution in [-0.4, -0.2) is 56.8 Å². The van der Waals surface area contributed by atoms with Gasteiger partial charge in [0.25, 0.3) is 0 Å². The van der Waals surface area contributed by atoms with Crippen LogP contribution in [0.25, 0.3) is 0 Å². The third-order valence-corrected chi connectivity index (χ3v) is 7.16. The second kappa shape index (κ2) is 22.7. The van der Waals surface area contributed by atoms with Crippen molar-refractivity contribution in [2.75, 3.05) is 0 Å². The van der Waals surface area contributed by atoms with Crippen LogP contribution in [-0.2, 0) is 0 Å². The van der Waals surface area contributed by atoms with Gasteiger partial charge in [0.2, 0.25) is 21.1 Å². The van der Waals surface area contributed by atoms with Gasteiger partial charge in [-0.15, -0.1) is 0 Å². The second-order valence-corrected chi connectivity index (χ2v) is 11.5. The van der Waals surface area contributed by atoms with Crippen molar-refractivity contribution in [1.82, 2.24) is 39.5 Å². The molecule has 0 saturated heterocycles.